The summed E-state index contributed by atoms with van der Waals surface area (Å²) >= 11 is 1.02. The highest BCUT2D eigenvalue weighted by atomic mass is 32.2. The number of fused-ring (bicyclic) bond motifs is 1. The van der Waals surface area contributed by atoms with Crippen molar-refractivity contribution in [1.82, 2.24) is 4.57 Å². The number of halogens is 1. The van der Waals surface area contributed by atoms with Gasteiger partial charge in [-0.25, -0.2) is 27.9 Å². The fourth-order valence-electron chi connectivity index (χ4n) is 3.68. The van der Waals surface area contributed by atoms with Crippen molar-refractivity contribution in [2.45, 2.75) is 11.8 Å². The molecule has 2 heterocycles. The molecule has 0 saturated heterocycles. The van der Waals surface area contributed by atoms with Crippen LogP contribution in [0.3, 0.4) is 0 Å². The number of nitrogens with two attached hydrogens (primary N) is 1. The molecule has 0 unspecified atom stereocenters. The SMILES string of the molecule is Cc1ccc(-n2c(O)c(C3=c4cccc(F)c4=NC3=O)sc2=Nc2ccc(S(N)(=O)=O)cc2)cc1. The molecule has 3 N–H and O–H groups in total. The molecule has 3 aromatic carbocycles. The molecule has 0 bridgehead atoms. The summed E-state index contributed by atoms with van der Waals surface area (Å²) in [4.78, 5) is 21.6. The van der Waals surface area contributed by atoms with Gasteiger partial charge < -0.3 is 5.11 Å². The molecule has 8 nitrogen and oxygen atoms in total. The number of benzene rings is 3. The lowest BCUT2D eigenvalue weighted by molar-refractivity contribution is -0.112. The Kier molecular flexibility index (Phi) is 5.47. The summed E-state index contributed by atoms with van der Waals surface area (Å²) < 4.78 is 38.8. The first-order valence-corrected chi connectivity index (χ1v) is 12.6. The Bertz CT molecular complexity index is 1810. The zero-order valence-electron chi connectivity index (χ0n) is 18.1. The molecule has 0 aliphatic carbocycles. The Morgan fingerprint density at radius 2 is 1.74 bits per heavy atom. The van der Waals surface area contributed by atoms with Crippen LogP contribution in [0.15, 0.2) is 81.6 Å². The van der Waals surface area contributed by atoms with Crippen LogP contribution < -0.4 is 20.5 Å². The van der Waals surface area contributed by atoms with Crippen LogP contribution in [-0.2, 0) is 14.8 Å². The molecule has 0 saturated carbocycles. The molecule has 11 heteroatoms. The normalized spacial score (nSPS) is 13.7. The fraction of sp³-hybridized carbons (Fsp3) is 0.0417. The van der Waals surface area contributed by atoms with E-state index in [0.717, 1.165) is 16.9 Å². The average molecular weight is 509 g/mol. The van der Waals surface area contributed by atoms with Crippen LogP contribution in [0, 0.1) is 12.7 Å². The second-order valence-electron chi connectivity index (χ2n) is 7.79. The predicted octanol–water partition coefficient (Wildman–Crippen LogP) is 1.93. The van der Waals surface area contributed by atoms with Gasteiger partial charge in [0.2, 0.25) is 15.9 Å². The van der Waals surface area contributed by atoms with E-state index in [1.54, 1.807) is 18.2 Å². The molecule has 176 valence electrons. The molecule has 4 aromatic rings. The number of nitrogens with zero attached hydrogens (tertiary/aromatic N) is 3. The lowest BCUT2D eigenvalue weighted by atomic mass is 10.1. The van der Waals surface area contributed by atoms with Crippen LogP contribution in [0.2, 0.25) is 0 Å². The lowest BCUT2D eigenvalue weighted by Crippen LogP contribution is -2.26. The van der Waals surface area contributed by atoms with Crippen molar-refractivity contribution < 1.29 is 22.7 Å². The summed E-state index contributed by atoms with van der Waals surface area (Å²) in [6.07, 6.45) is 0. The second kappa shape index (κ2) is 8.38. The summed E-state index contributed by atoms with van der Waals surface area (Å²) in [5.41, 5.74) is 2.06. The molecule has 5 rings (SSSR count). The van der Waals surface area contributed by atoms with Gasteiger partial charge in [0, 0.05) is 5.22 Å². The number of rotatable bonds is 4. The van der Waals surface area contributed by atoms with E-state index in [4.69, 9.17) is 5.14 Å². The number of carbonyl (C=O) groups is 1. The van der Waals surface area contributed by atoms with Crippen LogP contribution in [0.1, 0.15) is 10.4 Å². The minimum Gasteiger partial charge on any atom is -0.493 e. The monoisotopic (exact) mass is 508 g/mol. The molecule has 1 amide bonds. The third kappa shape index (κ3) is 4.09. The van der Waals surface area contributed by atoms with Crippen molar-refractivity contribution in [3.63, 3.8) is 0 Å². The molecule has 0 fully saturated rings. The van der Waals surface area contributed by atoms with Crippen LogP contribution in [-0.4, -0.2) is 24.0 Å². The molecule has 1 aliphatic rings. The first-order valence-electron chi connectivity index (χ1n) is 10.3. The topological polar surface area (TPSA) is 127 Å². The van der Waals surface area contributed by atoms with Gasteiger partial charge >= 0.3 is 0 Å². The van der Waals surface area contributed by atoms with Gasteiger partial charge in [0.25, 0.3) is 5.91 Å². The number of aryl methyl sites for hydroxylation is 1. The molecule has 1 aliphatic heterocycles. The van der Waals surface area contributed by atoms with E-state index >= 15 is 0 Å². The van der Waals surface area contributed by atoms with E-state index in [1.165, 1.54) is 41.0 Å². The number of carbonyl (C=O) groups excluding carboxylic acids is 1. The number of sulfonamides is 1. The lowest BCUT2D eigenvalue weighted by Gasteiger charge is -2.06. The molecule has 0 spiro atoms. The smallest absolute Gasteiger partial charge is 0.279 e. The van der Waals surface area contributed by atoms with E-state index in [-0.39, 0.29) is 31.8 Å². The minimum atomic E-state index is -3.87. The van der Waals surface area contributed by atoms with Crippen LogP contribution >= 0.6 is 11.3 Å². The Morgan fingerprint density at radius 3 is 2.40 bits per heavy atom. The van der Waals surface area contributed by atoms with E-state index in [9.17, 15) is 22.7 Å². The summed E-state index contributed by atoms with van der Waals surface area (Å²) in [5.74, 6) is -1.55. The van der Waals surface area contributed by atoms with Gasteiger partial charge in [0.1, 0.15) is 16.1 Å². The number of hydrogen-bond acceptors (Lipinski definition) is 6. The van der Waals surface area contributed by atoms with Crippen molar-refractivity contribution in [3.05, 3.63) is 98.4 Å². The molecule has 1 aromatic heterocycles. The van der Waals surface area contributed by atoms with E-state index < -0.39 is 21.7 Å². The standard InChI is InChI=1S/C24H17FN4O4S2/c1-13-5-9-15(10-6-13)29-23(31)21(19-17-3-2-4-18(25)20(17)28-22(19)30)34-24(29)27-14-7-11-16(12-8-14)35(26,32)33/h2-12,31H,1H3,(H2,26,32,33). The Labute approximate surface area is 202 Å². The molecule has 0 radical (unpaired) electrons. The third-order valence-electron chi connectivity index (χ3n) is 5.39. The highest BCUT2D eigenvalue weighted by Crippen LogP contribution is 2.31. The fourth-order valence-corrected chi connectivity index (χ4v) is 5.29. The number of thiazole rings is 1. The van der Waals surface area contributed by atoms with E-state index in [2.05, 4.69) is 9.98 Å². The van der Waals surface area contributed by atoms with Crippen molar-refractivity contribution in [3.8, 4) is 11.6 Å². The predicted molar refractivity (Wildman–Crippen MR) is 128 cm³/mol. The first kappa shape index (κ1) is 22.8. The number of hydrogen-bond donors (Lipinski definition) is 2. The van der Waals surface area contributed by atoms with Crippen molar-refractivity contribution in [1.29, 1.82) is 0 Å². The number of aromatic nitrogens is 1. The maximum absolute atomic E-state index is 14.3. The van der Waals surface area contributed by atoms with Crippen LogP contribution in [0.25, 0.3) is 11.3 Å². The maximum Gasteiger partial charge on any atom is 0.279 e. The summed E-state index contributed by atoms with van der Waals surface area (Å²) in [6.45, 7) is 1.92. The Morgan fingerprint density at radius 1 is 1.06 bits per heavy atom. The zero-order valence-corrected chi connectivity index (χ0v) is 19.8. The number of aromatic hydroxyl groups is 1. The van der Waals surface area contributed by atoms with Gasteiger partial charge in [-0.3, -0.25) is 9.36 Å². The highest BCUT2D eigenvalue weighted by molar-refractivity contribution is 7.89. The quantitative estimate of drug-likeness (QED) is 0.437. The van der Waals surface area contributed by atoms with Gasteiger partial charge in [0.05, 0.1) is 21.8 Å². The van der Waals surface area contributed by atoms with Gasteiger partial charge in [-0.15, -0.1) is 0 Å². The number of amides is 1. The van der Waals surface area contributed by atoms with Gasteiger partial charge in [-0.1, -0.05) is 41.2 Å². The highest BCUT2D eigenvalue weighted by Gasteiger charge is 2.27. The van der Waals surface area contributed by atoms with Crippen LogP contribution in [0.4, 0.5) is 10.1 Å². The van der Waals surface area contributed by atoms with Crippen molar-refractivity contribution in [2.24, 2.45) is 15.1 Å². The van der Waals surface area contributed by atoms with Gasteiger partial charge in [-0.05, 0) is 49.4 Å². The summed E-state index contributed by atoms with van der Waals surface area (Å²) in [7, 11) is -3.87. The second-order valence-corrected chi connectivity index (χ2v) is 10.3. The van der Waals surface area contributed by atoms with E-state index in [0.29, 0.717) is 16.2 Å². The Balaban J connectivity index is 1.78. The molecular weight excluding hydrogens is 491 g/mol. The largest absolute Gasteiger partial charge is 0.493 e. The minimum absolute atomic E-state index is 0.0649. The number of para-hydroxylation sites is 1. The van der Waals surface area contributed by atoms with Crippen molar-refractivity contribution in [2.75, 3.05) is 0 Å². The molecular formula is C24H17FN4O4S2. The summed E-state index contributed by atoms with van der Waals surface area (Å²) in [6, 6.07) is 17.1. The molecule has 0 atom stereocenters. The maximum atomic E-state index is 14.3. The van der Waals surface area contributed by atoms with Gasteiger partial charge in [0.15, 0.2) is 4.80 Å². The van der Waals surface area contributed by atoms with Crippen molar-refractivity contribution >= 4 is 38.5 Å². The molecule has 35 heavy (non-hydrogen) atoms. The zero-order chi connectivity index (χ0) is 24.9. The average Bonchev–Trinajstić information content (AvgIpc) is 3.30. The van der Waals surface area contributed by atoms with E-state index in [1.807, 2.05) is 19.1 Å². The first-order chi connectivity index (χ1) is 16.6. The Hall–Kier alpha value is -3.93. The summed E-state index contributed by atoms with van der Waals surface area (Å²) in [5, 5.41) is 16.6. The number of primary sulfonamides is 1. The van der Waals surface area contributed by atoms with Gasteiger partial charge in [-0.2, -0.15) is 0 Å². The van der Waals surface area contributed by atoms with Crippen LogP contribution in [0.5, 0.6) is 5.88 Å². The third-order valence-corrected chi connectivity index (χ3v) is 7.37.